The number of carbonyl (C=O) groups excluding carboxylic acids is 3. The van der Waals surface area contributed by atoms with Crippen molar-refractivity contribution in [2.24, 2.45) is 0 Å². The maximum atomic E-state index is 11.9. The molecule has 1 unspecified atom stereocenters. The van der Waals surface area contributed by atoms with Crippen LogP contribution in [-0.4, -0.2) is 64.6 Å². The number of aromatic nitrogens is 3. The fraction of sp³-hybridized carbons (Fsp3) is 0.351. The molecule has 5 heterocycles. The van der Waals surface area contributed by atoms with Gasteiger partial charge in [0.1, 0.15) is 12.0 Å². The summed E-state index contributed by atoms with van der Waals surface area (Å²) < 4.78 is 0. The van der Waals surface area contributed by atoms with Crippen molar-refractivity contribution in [3.05, 3.63) is 102 Å². The van der Waals surface area contributed by atoms with Crippen LogP contribution in [0.3, 0.4) is 0 Å². The van der Waals surface area contributed by atoms with Crippen LogP contribution in [-0.2, 0) is 19.8 Å². The number of hydrogen-bond donors (Lipinski definition) is 3. The Hall–Kier alpha value is -4.96. The lowest BCUT2D eigenvalue weighted by molar-refractivity contribution is -0.134. The highest BCUT2D eigenvalue weighted by molar-refractivity contribution is 6.00. The van der Waals surface area contributed by atoms with Crippen LogP contribution in [0.5, 0.6) is 5.75 Å². The fourth-order valence-corrected chi connectivity index (χ4v) is 6.75. The van der Waals surface area contributed by atoms with Crippen molar-refractivity contribution in [2.45, 2.75) is 55.8 Å². The molecule has 10 nitrogen and oxygen atoms in total. The van der Waals surface area contributed by atoms with Gasteiger partial charge in [-0.2, -0.15) is 10.2 Å². The van der Waals surface area contributed by atoms with E-state index in [-0.39, 0.29) is 23.5 Å². The molecule has 0 saturated carbocycles. The van der Waals surface area contributed by atoms with Gasteiger partial charge in [0, 0.05) is 42.9 Å². The van der Waals surface area contributed by atoms with E-state index in [0.29, 0.717) is 30.0 Å². The summed E-state index contributed by atoms with van der Waals surface area (Å²) in [6.07, 6.45) is 9.39. The number of amides is 2. The summed E-state index contributed by atoms with van der Waals surface area (Å²) in [7, 11) is 0. The zero-order chi connectivity index (χ0) is 32.6. The quantitative estimate of drug-likeness (QED) is 0.205. The normalized spacial score (nSPS) is 19.7. The largest absolute Gasteiger partial charge is 0.507 e. The smallest absolute Gasteiger partial charge is 0.234 e. The number of imide groups is 1. The molecule has 2 aromatic carbocycles. The van der Waals surface area contributed by atoms with Gasteiger partial charge in [-0.05, 0) is 80.6 Å². The van der Waals surface area contributed by atoms with Gasteiger partial charge in [0.15, 0.2) is 0 Å². The molecule has 3 saturated heterocycles. The molecule has 3 aliphatic heterocycles. The van der Waals surface area contributed by atoms with Crippen molar-refractivity contribution < 1.29 is 19.5 Å². The van der Waals surface area contributed by atoms with Crippen LogP contribution in [0.15, 0.2) is 85.2 Å². The second kappa shape index (κ2) is 14.6. The lowest BCUT2D eigenvalue weighted by Gasteiger charge is -2.39. The average Bonchev–Trinajstić information content (AvgIpc) is 3.13. The number of benzene rings is 2. The number of aromatic hydroxyl groups is 1. The van der Waals surface area contributed by atoms with Crippen molar-refractivity contribution in [2.75, 3.05) is 31.1 Å². The third-order valence-corrected chi connectivity index (χ3v) is 9.62. The Bertz CT molecular complexity index is 1680. The number of pyridine rings is 1. The van der Waals surface area contributed by atoms with Crippen LogP contribution in [0.4, 0.5) is 5.69 Å². The standard InChI is InChI=1S/C22H21N3O2.C15H19N3O2/c26-16-22(17-6-2-1-3-7-17)10-12-25(13-11-22)18-14-20(24-23-15-18)19-8-4-5-9-21(19)27;19-14-4-2-12(15(20)18-14)11-1-3-13(17-9-11)10-5-7-16-8-6-10/h1-9,14-16,27H,10-13H2;1,3,9-10,12,16H,2,4-8H2,(H,18,19,20). The minimum atomic E-state index is -0.418. The molecule has 7 rings (SSSR count). The first kappa shape index (κ1) is 32.0. The number of nitrogens with zero attached hydrogens (tertiary/aromatic N) is 4. The van der Waals surface area contributed by atoms with Gasteiger partial charge in [-0.15, -0.1) is 0 Å². The number of para-hydroxylation sites is 1. The highest BCUT2D eigenvalue weighted by atomic mass is 16.3. The predicted molar refractivity (Wildman–Crippen MR) is 179 cm³/mol. The first-order valence-electron chi connectivity index (χ1n) is 16.3. The molecule has 2 aromatic heterocycles. The highest BCUT2D eigenvalue weighted by Gasteiger charge is 2.36. The molecule has 2 amide bonds. The lowest BCUT2D eigenvalue weighted by atomic mass is 9.74. The van der Waals surface area contributed by atoms with Crippen molar-refractivity contribution >= 4 is 23.8 Å². The Morgan fingerprint density at radius 2 is 1.64 bits per heavy atom. The second-order valence-corrected chi connectivity index (χ2v) is 12.5. The third-order valence-electron chi connectivity index (χ3n) is 9.62. The maximum Gasteiger partial charge on any atom is 0.234 e. The van der Waals surface area contributed by atoms with Crippen molar-refractivity contribution in [3.8, 4) is 17.0 Å². The zero-order valence-electron chi connectivity index (χ0n) is 26.3. The van der Waals surface area contributed by atoms with E-state index >= 15 is 0 Å². The topological polar surface area (TPSA) is 137 Å². The van der Waals surface area contributed by atoms with Crippen molar-refractivity contribution in [1.29, 1.82) is 0 Å². The number of rotatable bonds is 6. The summed E-state index contributed by atoms with van der Waals surface area (Å²) in [5.74, 6) is 0.101. The highest BCUT2D eigenvalue weighted by Crippen LogP contribution is 2.36. The fourth-order valence-electron chi connectivity index (χ4n) is 6.75. The molecule has 1 atom stereocenters. The molecule has 242 valence electrons. The number of phenolic OH excluding ortho intramolecular Hbond substituents is 1. The van der Waals surface area contributed by atoms with E-state index in [1.54, 1.807) is 24.5 Å². The van der Waals surface area contributed by atoms with Crippen LogP contribution in [0.2, 0.25) is 0 Å². The molecule has 3 fully saturated rings. The van der Waals surface area contributed by atoms with E-state index in [1.165, 1.54) is 0 Å². The molecule has 0 radical (unpaired) electrons. The van der Waals surface area contributed by atoms with Crippen molar-refractivity contribution in [1.82, 2.24) is 25.8 Å². The molecule has 47 heavy (non-hydrogen) atoms. The van der Waals surface area contributed by atoms with Crippen LogP contribution < -0.4 is 15.5 Å². The minimum absolute atomic E-state index is 0.175. The Labute approximate surface area is 274 Å². The van der Waals surface area contributed by atoms with Crippen LogP contribution in [0.1, 0.15) is 67.2 Å². The first-order chi connectivity index (χ1) is 23.0. The minimum Gasteiger partial charge on any atom is -0.507 e. The van der Waals surface area contributed by atoms with Gasteiger partial charge in [0.05, 0.1) is 28.9 Å². The SMILES string of the molecule is O=C1CCC(c2ccc(C3CCNCC3)nc2)C(=O)N1.O=CC1(c2ccccc2)CCN(c2cnnc(-c3ccccc3O)c2)CC1. The van der Waals surface area contributed by atoms with Crippen LogP contribution in [0.25, 0.3) is 11.3 Å². The summed E-state index contributed by atoms with van der Waals surface area (Å²) in [6, 6.07) is 23.1. The number of piperidine rings is 3. The Morgan fingerprint density at radius 1 is 0.894 bits per heavy atom. The predicted octanol–water partition coefficient (Wildman–Crippen LogP) is 4.66. The van der Waals surface area contributed by atoms with E-state index in [4.69, 9.17) is 0 Å². The molecule has 3 aliphatic rings. The monoisotopic (exact) mass is 632 g/mol. The van der Waals surface area contributed by atoms with Crippen LogP contribution >= 0.6 is 0 Å². The van der Waals surface area contributed by atoms with Gasteiger partial charge in [0.2, 0.25) is 11.8 Å². The summed E-state index contributed by atoms with van der Waals surface area (Å²) in [5.41, 5.74) is 4.95. The molecule has 10 heteroatoms. The molecular formula is C37H40N6O4. The summed E-state index contributed by atoms with van der Waals surface area (Å²) >= 11 is 0. The lowest BCUT2D eigenvalue weighted by Crippen LogP contribution is -2.43. The van der Waals surface area contributed by atoms with E-state index < -0.39 is 5.41 Å². The van der Waals surface area contributed by atoms with Crippen molar-refractivity contribution in [3.63, 3.8) is 0 Å². The van der Waals surface area contributed by atoms with Gasteiger partial charge in [-0.1, -0.05) is 48.5 Å². The van der Waals surface area contributed by atoms with Gasteiger partial charge in [-0.25, -0.2) is 0 Å². The van der Waals surface area contributed by atoms with Gasteiger partial charge in [0.25, 0.3) is 0 Å². The summed E-state index contributed by atoms with van der Waals surface area (Å²) in [4.78, 5) is 41.7. The summed E-state index contributed by atoms with van der Waals surface area (Å²) in [6.45, 7) is 3.61. The van der Waals surface area contributed by atoms with Gasteiger partial charge in [-0.3, -0.25) is 19.9 Å². The maximum absolute atomic E-state index is 11.9. The summed E-state index contributed by atoms with van der Waals surface area (Å²) in [5, 5.41) is 24.1. The van der Waals surface area contributed by atoms with E-state index in [9.17, 15) is 19.5 Å². The van der Waals surface area contributed by atoms with E-state index in [1.807, 2.05) is 60.7 Å². The van der Waals surface area contributed by atoms with Gasteiger partial charge >= 0.3 is 0 Å². The second-order valence-electron chi connectivity index (χ2n) is 12.5. The zero-order valence-corrected chi connectivity index (χ0v) is 26.3. The number of aldehydes is 1. The van der Waals surface area contributed by atoms with E-state index in [0.717, 1.165) is 80.7 Å². The number of nitrogens with one attached hydrogen (secondary N) is 2. The molecule has 0 bridgehead atoms. The first-order valence-corrected chi connectivity index (χ1v) is 16.3. The number of hydrogen-bond acceptors (Lipinski definition) is 9. The van der Waals surface area contributed by atoms with Crippen LogP contribution in [0, 0.1) is 0 Å². The Morgan fingerprint density at radius 3 is 2.32 bits per heavy atom. The Balaban J connectivity index is 0.000000172. The molecule has 3 N–H and O–H groups in total. The third kappa shape index (κ3) is 7.38. The molecular weight excluding hydrogens is 592 g/mol. The average molecular weight is 633 g/mol. The Kier molecular flexibility index (Phi) is 9.97. The molecule has 0 aliphatic carbocycles. The van der Waals surface area contributed by atoms with E-state index in [2.05, 4.69) is 30.7 Å². The number of anilines is 1. The number of phenols is 1. The molecule has 4 aromatic rings. The molecule has 0 spiro atoms. The number of carbonyl (C=O) groups is 3. The van der Waals surface area contributed by atoms with Gasteiger partial charge < -0.3 is 20.1 Å².